The Bertz CT molecular complexity index is 949. The Morgan fingerprint density at radius 3 is 2.90 bits per heavy atom. The fourth-order valence-electron chi connectivity index (χ4n) is 3.61. The maximum absolute atomic E-state index is 12.8. The van der Waals surface area contributed by atoms with Crippen molar-refractivity contribution < 1.29 is 33.9 Å². The monoisotopic (exact) mass is 441 g/mol. The van der Waals surface area contributed by atoms with Gasteiger partial charge in [-0.05, 0) is 0 Å². The highest BCUT2D eigenvalue weighted by Gasteiger charge is 2.71. The molecule has 3 aliphatic heterocycles. The van der Waals surface area contributed by atoms with Crippen LogP contribution in [0.5, 0.6) is 0 Å². The summed E-state index contributed by atoms with van der Waals surface area (Å²) in [4.78, 5) is 58.8. The summed E-state index contributed by atoms with van der Waals surface area (Å²) in [6, 6.07) is -1.01. The van der Waals surface area contributed by atoms with E-state index in [1.54, 1.807) is 0 Å². The van der Waals surface area contributed by atoms with Crippen LogP contribution in [0.15, 0.2) is 10.5 Å². The number of carbonyl (C=O) groups excluding carboxylic acids is 3. The van der Waals surface area contributed by atoms with Crippen LogP contribution in [-0.4, -0.2) is 74.5 Å². The van der Waals surface area contributed by atoms with Gasteiger partial charge in [-0.15, -0.1) is 23.1 Å². The van der Waals surface area contributed by atoms with Gasteiger partial charge in [-0.2, -0.15) is 0 Å². The Hall–Kier alpha value is -2.87. The number of carbonyl (C=O) groups is 4. The molecule has 3 saturated heterocycles. The molecule has 1 unspecified atom stereocenters. The smallest absolute Gasteiger partial charge is 0.370 e. The predicted molar refractivity (Wildman–Crippen MR) is 99.7 cm³/mol. The number of amides is 2. The number of thioether (sulfide) groups is 1. The number of nitrogens with one attached hydrogen (secondary N) is 1. The number of rotatable bonds is 5. The molecule has 0 radical (unpaired) electrons. The Morgan fingerprint density at radius 1 is 1.52 bits per heavy atom. The standard InChI is InChI=1S/C15H15N5O7S2/c1-26-19-8(6-4-29-14(16)17-6)10(22)18-9-11(23)20-12(9)28-3-5-2-7(21)27-15(5,20)13(24)25/h4-5,9,12H,2-3H2,1H3,(H2,16,17)(H,18,22)(H,24,25)/b19-8-/t5-,9+,12?,15+/m0/s1. The zero-order valence-electron chi connectivity index (χ0n) is 14.9. The minimum Gasteiger partial charge on any atom is -0.477 e. The number of carboxylic acids is 1. The van der Waals surface area contributed by atoms with Gasteiger partial charge in [0.15, 0.2) is 10.8 Å². The molecule has 1 aromatic heterocycles. The van der Waals surface area contributed by atoms with Crippen LogP contribution in [0.2, 0.25) is 0 Å². The molecule has 4 rings (SSSR count). The third-order valence-electron chi connectivity index (χ3n) is 4.86. The highest BCUT2D eigenvalue weighted by molar-refractivity contribution is 8.00. The van der Waals surface area contributed by atoms with Crippen molar-refractivity contribution in [1.29, 1.82) is 0 Å². The molecule has 4 atom stereocenters. The summed E-state index contributed by atoms with van der Waals surface area (Å²) >= 11 is 2.38. The van der Waals surface area contributed by atoms with Gasteiger partial charge < -0.3 is 25.7 Å². The average molecular weight is 441 g/mol. The number of nitrogens with two attached hydrogens (primary N) is 1. The van der Waals surface area contributed by atoms with Gasteiger partial charge in [-0.1, -0.05) is 5.16 Å². The normalized spacial score (nSPS) is 30.7. The molecule has 4 heterocycles. The molecule has 0 saturated carbocycles. The fourth-order valence-corrected chi connectivity index (χ4v) is 5.72. The zero-order valence-corrected chi connectivity index (χ0v) is 16.5. The molecular formula is C15H15N5O7S2. The zero-order chi connectivity index (χ0) is 20.9. The third-order valence-corrected chi connectivity index (χ3v) is 6.95. The molecule has 1 aromatic rings. The second-order valence-corrected chi connectivity index (χ2v) is 8.49. The van der Waals surface area contributed by atoms with Crippen LogP contribution >= 0.6 is 23.1 Å². The number of fused-ring (bicyclic) bond motifs is 3. The minimum atomic E-state index is -2.03. The topological polar surface area (TPSA) is 174 Å². The van der Waals surface area contributed by atoms with Crippen LogP contribution in [0, 0.1) is 5.92 Å². The number of hydrogen-bond donors (Lipinski definition) is 3. The van der Waals surface area contributed by atoms with E-state index in [4.69, 9.17) is 10.5 Å². The second kappa shape index (κ2) is 6.88. The summed E-state index contributed by atoms with van der Waals surface area (Å²) in [6.07, 6.45) is -0.0806. The van der Waals surface area contributed by atoms with E-state index < -0.39 is 46.8 Å². The summed E-state index contributed by atoms with van der Waals surface area (Å²) < 4.78 is 5.10. The SMILES string of the molecule is CO/N=C(\C(=O)N[C@@H]1C(=O)N2C1SC[C@@H]1CC(=O)O[C@@]12C(=O)O)c1csc(N)n1. The number of hydrogen-bond acceptors (Lipinski definition) is 11. The van der Waals surface area contributed by atoms with Gasteiger partial charge in [0.2, 0.25) is 0 Å². The number of nitrogens with zero attached hydrogens (tertiary/aromatic N) is 3. The molecule has 3 aliphatic rings. The number of thiazole rings is 1. The summed E-state index contributed by atoms with van der Waals surface area (Å²) in [7, 11) is 1.25. The van der Waals surface area contributed by atoms with Crippen molar-refractivity contribution in [1.82, 2.24) is 15.2 Å². The summed E-state index contributed by atoms with van der Waals surface area (Å²) in [6.45, 7) is 0. The van der Waals surface area contributed by atoms with Gasteiger partial charge in [-0.3, -0.25) is 19.3 Å². The molecule has 0 aliphatic carbocycles. The quantitative estimate of drug-likeness (QED) is 0.218. The molecule has 29 heavy (non-hydrogen) atoms. The summed E-state index contributed by atoms with van der Waals surface area (Å²) in [5, 5.41) is 16.9. The van der Waals surface area contributed by atoms with Crippen molar-refractivity contribution in [3.63, 3.8) is 0 Å². The number of nitrogen functional groups attached to an aromatic ring is 1. The Labute approximate surface area is 171 Å². The van der Waals surface area contributed by atoms with Crippen molar-refractivity contribution in [2.45, 2.75) is 23.6 Å². The molecule has 2 amide bonds. The van der Waals surface area contributed by atoms with Crippen LogP contribution in [0.25, 0.3) is 0 Å². The number of ether oxygens (including phenoxy) is 1. The van der Waals surface area contributed by atoms with Gasteiger partial charge in [0.1, 0.15) is 24.2 Å². The van der Waals surface area contributed by atoms with Gasteiger partial charge >= 0.3 is 11.9 Å². The van der Waals surface area contributed by atoms with Crippen molar-refractivity contribution in [3.8, 4) is 0 Å². The first kappa shape index (κ1) is 19.4. The molecular weight excluding hydrogens is 426 g/mol. The third kappa shape index (κ3) is 2.81. The number of oxime groups is 1. The summed E-state index contributed by atoms with van der Waals surface area (Å²) in [5.74, 6) is -3.83. The fraction of sp³-hybridized carbons (Fsp3) is 0.467. The lowest BCUT2D eigenvalue weighted by molar-refractivity contribution is -0.215. The molecule has 154 valence electrons. The molecule has 12 nitrogen and oxygen atoms in total. The van der Waals surface area contributed by atoms with E-state index in [0.717, 1.165) is 16.2 Å². The number of carboxylic acid groups (broad SMARTS) is 1. The van der Waals surface area contributed by atoms with Crippen LogP contribution in [0.4, 0.5) is 5.13 Å². The molecule has 14 heteroatoms. The van der Waals surface area contributed by atoms with Crippen LogP contribution in [0.1, 0.15) is 12.1 Å². The molecule has 0 bridgehead atoms. The molecule has 0 spiro atoms. The van der Waals surface area contributed by atoms with E-state index in [-0.39, 0.29) is 23.0 Å². The van der Waals surface area contributed by atoms with E-state index in [9.17, 15) is 24.3 Å². The first-order chi connectivity index (χ1) is 13.8. The molecule has 0 aromatic carbocycles. The lowest BCUT2D eigenvalue weighted by Crippen LogP contribution is -2.80. The first-order valence-electron chi connectivity index (χ1n) is 8.33. The first-order valence-corrected chi connectivity index (χ1v) is 10.3. The number of anilines is 1. The lowest BCUT2D eigenvalue weighted by atomic mass is 9.89. The van der Waals surface area contributed by atoms with Crippen molar-refractivity contribution in [2.24, 2.45) is 11.1 Å². The van der Waals surface area contributed by atoms with Gasteiger partial charge in [0.25, 0.3) is 17.5 Å². The van der Waals surface area contributed by atoms with Crippen LogP contribution in [-0.2, 0) is 28.8 Å². The van der Waals surface area contributed by atoms with E-state index in [1.807, 2.05) is 0 Å². The highest BCUT2D eigenvalue weighted by atomic mass is 32.2. The van der Waals surface area contributed by atoms with Gasteiger partial charge in [-0.25, -0.2) is 9.78 Å². The van der Waals surface area contributed by atoms with E-state index in [1.165, 1.54) is 24.3 Å². The number of aromatic nitrogens is 1. The van der Waals surface area contributed by atoms with Gasteiger partial charge in [0, 0.05) is 17.1 Å². The number of esters is 1. The Kier molecular flexibility index (Phi) is 4.61. The maximum Gasteiger partial charge on any atom is 0.370 e. The van der Waals surface area contributed by atoms with Crippen LogP contribution in [0.3, 0.4) is 0 Å². The van der Waals surface area contributed by atoms with Crippen molar-refractivity contribution >= 4 is 57.7 Å². The van der Waals surface area contributed by atoms with E-state index in [0.29, 0.717) is 5.75 Å². The molecule has 3 fully saturated rings. The van der Waals surface area contributed by atoms with Crippen LogP contribution < -0.4 is 11.1 Å². The van der Waals surface area contributed by atoms with Crippen molar-refractivity contribution in [3.05, 3.63) is 11.1 Å². The van der Waals surface area contributed by atoms with Crippen molar-refractivity contribution in [2.75, 3.05) is 18.6 Å². The Morgan fingerprint density at radius 2 is 2.28 bits per heavy atom. The largest absolute Gasteiger partial charge is 0.477 e. The highest BCUT2D eigenvalue weighted by Crippen LogP contribution is 2.51. The second-order valence-electron chi connectivity index (χ2n) is 6.45. The maximum atomic E-state index is 12.8. The van der Waals surface area contributed by atoms with Gasteiger partial charge in [0.05, 0.1) is 6.42 Å². The lowest BCUT2D eigenvalue weighted by Gasteiger charge is -2.56. The number of aliphatic carboxylic acids is 1. The number of β-lactam (4-membered cyclic amide) rings is 1. The predicted octanol–water partition coefficient (Wildman–Crippen LogP) is -1.18. The van der Waals surface area contributed by atoms with E-state index >= 15 is 0 Å². The van der Waals surface area contributed by atoms with E-state index in [2.05, 4.69) is 20.3 Å². The molecule has 4 N–H and O–H groups in total. The summed E-state index contributed by atoms with van der Waals surface area (Å²) in [5.41, 5.74) is 3.56. The minimum absolute atomic E-state index is 0.0806. The average Bonchev–Trinajstić information content (AvgIpc) is 3.25. The Balaban J connectivity index is 1.56.